The second-order valence-corrected chi connectivity index (χ2v) is 5.39. The van der Waals surface area contributed by atoms with Gasteiger partial charge < -0.3 is 5.32 Å². The van der Waals surface area contributed by atoms with Crippen LogP contribution in [-0.4, -0.2) is 45.8 Å². The molecule has 1 aliphatic heterocycles. The molecule has 0 saturated carbocycles. The SMILES string of the molecule is O=C(c1ccccn1)N(C(=O)c1ccccn1)C1CCNCC1. The van der Waals surface area contributed by atoms with E-state index in [0.29, 0.717) is 0 Å². The van der Waals surface area contributed by atoms with Gasteiger partial charge in [-0.25, -0.2) is 0 Å². The monoisotopic (exact) mass is 310 g/mol. The molecule has 118 valence electrons. The summed E-state index contributed by atoms with van der Waals surface area (Å²) in [5.74, 6) is -0.735. The standard InChI is InChI=1S/C17H18N4O2/c22-16(14-5-1-3-9-19-14)21(13-7-11-18-12-8-13)17(23)15-6-2-4-10-20-15/h1-6,9-10,13,18H,7-8,11-12H2. The summed E-state index contributed by atoms with van der Waals surface area (Å²) in [7, 11) is 0. The van der Waals surface area contributed by atoms with Gasteiger partial charge in [0.1, 0.15) is 11.4 Å². The summed E-state index contributed by atoms with van der Waals surface area (Å²) in [5, 5.41) is 3.25. The van der Waals surface area contributed by atoms with Crippen LogP contribution in [0.1, 0.15) is 33.8 Å². The average molecular weight is 310 g/mol. The number of carbonyl (C=O) groups excluding carboxylic acids is 2. The van der Waals surface area contributed by atoms with Crippen molar-refractivity contribution in [3.8, 4) is 0 Å². The molecule has 2 aromatic rings. The van der Waals surface area contributed by atoms with Gasteiger partial charge in [0.2, 0.25) is 0 Å². The molecule has 0 aromatic carbocycles. The normalized spacial score (nSPS) is 15.1. The number of nitrogens with zero attached hydrogens (tertiary/aromatic N) is 3. The predicted molar refractivity (Wildman–Crippen MR) is 84.9 cm³/mol. The summed E-state index contributed by atoms with van der Waals surface area (Å²) < 4.78 is 0. The largest absolute Gasteiger partial charge is 0.317 e. The van der Waals surface area contributed by atoms with Gasteiger partial charge in [-0.2, -0.15) is 0 Å². The molecule has 0 radical (unpaired) electrons. The van der Waals surface area contributed by atoms with E-state index in [1.165, 1.54) is 4.90 Å². The van der Waals surface area contributed by atoms with E-state index in [0.717, 1.165) is 25.9 Å². The number of pyridine rings is 2. The first-order valence-electron chi connectivity index (χ1n) is 7.68. The lowest BCUT2D eigenvalue weighted by molar-refractivity contribution is 0.0508. The minimum Gasteiger partial charge on any atom is -0.317 e. The Labute approximate surface area is 134 Å². The van der Waals surface area contributed by atoms with Crippen molar-refractivity contribution in [1.82, 2.24) is 20.2 Å². The molecule has 23 heavy (non-hydrogen) atoms. The molecule has 3 rings (SSSR count). The van der Waals surface area contributed by atoms with E-state index >= 15 is 0 Å². The van der Waals surface area contributed by atoms with Crippen LogP contribution in [0.15, 0.2) is 48.8 Å². The van der Waals surface area contributed by atoms with Gasteiger partial charge in [0.25, 0.3) is 11.8 Å². The van der Waals surface area contributed by atoms with Crippen molar-refractivity contribution in [1.29, 1.82) is 0 Å². The van der Waals surface area contributed by atoms with Crippen molar-refractivity contribution in [2.24, 2.45) is 0 Å². The first-order chi connectivity index (χ1) is 11.3. The Bertz CT molecular complexity index is 618. The van der Waals surface area contributed by atoms with Crippen LogP contribution in [0.25, 0.3) is 0 Å². The number of hydrogen-bond donors (Lipinski definition) is 1. The Balaban J connectivity index is 1.93. The van der Waals surface area contributed by atoms with Crippen LogP contribution in [-0.2, 0) is 0 Å². The van der Waals surface area contributed by atoms with Crippen molar-refractivity contribution < 1.29 is 9.59 Å². The zero-order valence-corrected chi connectivity index (χ0v) is 12.7. The van der Waals surface area contributed by atoms with Crippen LogP contribution in [0.4, 0.5) is 0 Å². The van der Waals surface area contributed by atoms with E-state index in [1.54, 1.807) is 48.8 Å². The fourth-order valence-electron chi connectivity index (χ4n) is 2.71. The molecule has 1 saturated heterocycles. The number of imide groups is 1. The number of carbonyl (C=O) groups is 2. The van der Waals surface area contributed by atoms with Crippen molar-refractivity contribution in [3.05, 3.63) is 60.2 Å². The molecule has 2 amide bonds. The number of hydrogen-bond acceptors (Lipinski definition) is 5. The molecular formula is C17H18N4O2. The lowest BCUT2D eigenvalue weighted by atomic mass is 10.0. The predicted octanol–water partition coefficient (Wildman–Crippen LogP) is 1.51. The quantitative estimate of drug-likeness (QED) is 0.870. The molecule has 0 bridgehead atoms. The lowest BCUT2D eigenvalue weighted by Crippen LogP contribution is -2.49. The number of nitrogens with one attached hydrogen (secondary N) is 1. The van der Waals surface area contributed by atoms with E-state index in [9.17, 15) is 9.59 Å². The molecule has 6 heteroatoms. The van der Waals surface area contributed by atoms with Crippen LogP contribution >= 0.6 is 0 Å². The molecule has 1 aliphatic rings. The van der Waals surface area contributed by atoms with Crippen LogP contribution in [0.3, 0.4) is 0 Å². The van der Waals surface area contributed by atoms with E-state index in [4.69, 9.17) is 0 Å². The maximum atomic E-state index is 12.9. The van der Waals surface area contributed by atoms with Gasteiger partial charge in [0, 0.05) is 18.4 Å². The molecule has 0 aliphatic carbocycles. The van der Waals surface area contributed by atoms with E-state index in [-0.39, 0.29) is 29.2 Å². The third-order valence-electron chi connectivity index (χ3n) is 3.88. The summed E-state index contributed by atoms with van der Waals surface area (Å²) in [6, 6.07) is 10.1. The van der Waals surface area contributed by atoms with Gasteiger partial charge in [-0.05, 0) is 50.2 Å². The Morgan fingerprint density at radius 1 is 0.913 bits per heavy atom. The number of rotatable bonds is 3. The highest BCUT2D eigenvalue weighted by atomic mass is 16.2. The third-order valence-corrected chi connectivity index (χ3v) is 3.88. The molecule has 0 unspecified atom stereocenters. The molecule has 1 N–H and O–H groups in total. The molecule has 2 aromatic heterocycles. The van der Waals surface area contributed by atoms with Crippen molar-refractivity contribution >= 4 is 11.8 Å². The Morgan fingerprint density at radius 2 is 1.43 bits per heavy atom. The smallest absolute Gasteiger partial charge is 0.279 e. The second-order valence-electron chi connectivity index (χ2n) is 5.39. The van der Waals surface area contributed by atoms with E-state index < -0.39 is 0 Å². The van der Waals surface area contributed by atoms with Crippen molar-refractivity contribution in [2.45, 2.75) is 18.9 Å². The summed E-state index contributed by atoms with van der Waals surface area (Å²) >= 11 is 0. The minimum atomic E-state index is -0.367. The van der Waals surface area contributed by atoms with Gasteiger partial charge >= 0.3 is 0 Å². The topological polar surface area (TPSA) is 75.2 Å². The average Bonchev–Trinajstić information content (AvgIpc) is 2.64. The third kappa shape index (κ3) is 3.43. The molecular weight excluding hydrogens is 292 g/mol. The lowest BCUT2D eigenvalue weighted by Gasteiger charge is -2.32. The Kier molecular flexibility index (Phi) is 4.73. The number of aromatic nitrogens is 2. The highest BCUT2D eigenvalue weighted by Crippen LogP contribution is 2.17. The van der Waals surface area contributed by atoms with E-state index in [2.05, 4.69) is 15.3 Å². The fraction of sp³-hybridized carbons (Fsp3) is 0.294. The molecule has 0 spiro atoms. The van der Waals surface area contributed by atoms with Crippen LogP contribution in [0.5, 0.6) is 0 Å². The van der Waals surface area contributed by atoms with Gasteiger partial charge in [-0.1, -0.05) is 12.1 Å². The highest BCUT2D eigenvalue weighted by molar-refractivity contribution is 6.09. The first-order valence-corrected chi connectivity index (χ1v) is 7.68. The van der Waals surface area contributed by atoms with Gasteiger partial charge in [0.05, 0.1) is 0 Å². The maximum absolute atomic E-state index is 12.9. The molecule has 0 atom stereocenters. The van der Waals surface area contributed by atoms with Crippen molar-refractivity contribution in [2.75, 3.05) is 13.1 Å². The summed E-state index contributed by atoms with van der Waals surface area (Å²) in [6.07, 6.45) is 4.58. The Morgan fingerprint density at radius 3 is 1.87 bits per heavy atom. The van der Waals surface area contributed by atoms with Crippen LogP contribution in [0, 0.1) is 0 Å². The molecule has 3 heterocycles. The van der Waals surface area contributed by atoms with Gasteiger partial charge in [-0.3, -0.25) is 24.5 Å². The van der Waals surface area contributed by atoms with Crippen LogP contribution < -0.4 is 5.32 Å². The van der Waals surface area contributed by atoms with Crippen molar-refractivity contribution in [3.63, 3.8) is 0 Å². The zero-order chi connectivity index (χ0) is 16.1. The summed E-state index contributed by atoms with van der Waals surface area (Å²) in [5.41, 5.74) is 0.547. The zero-order valence-electron chi connectivity index (χ0n) is 12.7. The van der Waals surface area contributed by atoms with Crippen LogP contribution in [0.2, 0.25) is 0 Å². The van der Waals surface area contributed by atoms with Gasteiger partial charge in [0.15, 0.2) is 0 Å². The maximum Gasteiger partial charge on any atom is 0.279 e. The molecule has 1 fully saturated rings. The Hall–Kier alpha value is -2.60. The first kappa shape index (κ1) is 15.3. The summed E-state index contributed by atoms with van der Waals surface area (Å²) in [4.78, 5) is 35.2. The number of piperidine rings is 1. The molecule has 6 nitrogen and oxygen atoms in total. The van der Waals surface area contributed by atoms with Gasteiger partial charge in [-0.15, -0.1) is 0 Å². The summed E-state index contributed by atoms with van der Waals surface area (Å²) in [6.45, 7) is 1.57. The minimum absolute atomic E-state index is 0.139. The van der Waals surface area contributed by atoms with E-state index in [1.807, 2.05) is 0 Å². The fourth-order valence-corrected chi connectivity index (χ4v) is 2.71. The highest BCUT2D eigenvalue weighted by Gasteiger charge is 2.33. The number of amides is 2. The second kappa shape index (κ2) is 7.11.